The Bertz CT molecular complexity index is 533. The Morgan fingerprint density at radius 3 is 2.10 bits per heavy atom. The zero-order valence-electron chi connectivity index (χ0n) is 18.7. The highest BCUT2D eigenvalue weighted by molar-refractivity contribution is 5.78. The molecule has 3 rings (SSSR count). The number of amides is 3. The molecule has 3 heterocycles. The Morgan fingerprint density at radius 1 is 0.862 bits per heavy atom. The first-order valence-corrected chi connectivity index (χ1v) is 11.7. The van der Waals surface area contributed by atoms with Crippen LogP contribution in [0.3, 0.4) is 0 Å². The average molecular weight is 408 g/mol. The molecule has 0 aromatic carbocycles. The van der Waals surface area contributed by atoms with Gasteiger partial charge in [-0.05, 0) is 51.1 Å². The number of nitrogens with one attached hydrogen (secondary N) is 1. The molecule has 0 bridgehead atoms. The zero-order valence-corrected chi connectivity index (χ0v) is 18.7. The van der Waals surface area contributed by atoms with Crippen LogP contribution in [0.25, 0.3) is 0 Å². The quantitative estimate of drug-likeness (QED) is 0.754. The summed E-state index contributed by atoms with van der Waals surface area (Å²) in [5, 5.41) is 3.17. The van der Waals surface area contributed by atoms with Gasteiger partial charge in [0.25, 0.3) is 0 Å². The normalized spacial score (nSPS) is 28.2. The van der Waals surface area contributed by atoms with Crippen molar-refractivity contribution in [2.45, 2.75) is 52.5 Å². The maximum Gasteiger partial charge on any atom is 0.317 e. The van der Waals surface area contributed by atoms with E-state index in [9.17, 15) is 9.59 Å². The number of hydrogen-bond acceptors (Lipinski definition) is 4. The average Bonchev–Trinajstić information content (AvgIpc) is 2.68. The first-order chi connectivity index (χ1) is 13.9. The van der Waals surface area contributed by atoms with Crippen molar-refractivity contribution in [1.82, 2.24) is 24.9 Å². The fourth-order valence-electron chi connectivity index (χ4n) is 5.14. The number of hydrogen-bond donors (Lipinski definition) is 1. The van der Waals surface area contributed by atoms with Crippen molar-refractivity contribution in [3.63, 3.8) is 0 Å². The summed E-state index contributed by atoms with van der Waals surface area (Å²) in [7, 11) is 0. The van der Waals surface area contributed by atoms with E-state index in [1.54, 1.807) is 0 Å². The van der Waals surface area contributed by atoms with Crippen LogP contribution in [-0.2, 0) is 4.79 Å². The van der Waals surface area contributed by atoms with Crippen molar-refractivity contribution in [2.24, 2.45) is 11.8 Å². The molecule has 3 aliphatic rings. The van der Waals surface area contributed by atoms with E-state index in [1.807, 2.05) is 9.80 Å². The summed E-state index contributed by atoms with van der Waals surface area (Å²) < 4.78 is 0. The van der Waals surface area contributed by atoms with Gasteiger partial charge in [-0.1, -0.05) is 20.3 Å². The van der Waals surface area contributed by atoms with Crippen molar-refractivity contribution >= 4 is 11.9 Å². The number of likely N-dealkylation sites (tertiary alicyclic amines) is 2. The summed E-state index contributed by atoms with van der Waals surface area (Å²) in [5.41, 5.74) is 0. The SMILES string of the molecule is CC1CC(C)CN(C(=O)CN2CCN(C(=O)NC(C)CN3CCCCC3)CC2)C1. The minimum Gasteiger partial charge on any atom is -0.341 e. The largest absolute Gasteiger partial charge is 0.341 e. The second-order valence-corrected chi connectivity index (χ2v) is 9.72. The number of urea groups is 1. The third kappa shape index (κ3) is 6.85. The predicted molar refractivity (Wildman–Crippen MR) is 116 cm³/mol. The molecule has 7 nitrogen and oxygen atoms in total. The van der Waals surface area contributed by atoms with E-state index in [4.69, 9.17) is 0 Å². The van der Waals surface area contributed by atoms with E-state index in [0.29, 0.717) is 31.5 Å². The van der Waals surface area contributed by atoms with Gasteiger partial charge in [0.1, 0.15) is 0 Å². The molecule has 3 aliphatic heterocycles. The molecule has 0 aliphatic carbocycles. The maximum absolute atomic E-state index is 12.7. The summed E-state index contributed by atoms with van der Waals surface area (Å²) in [6, 6.07) is 0.211. The first-order valence-electron chi connectivity index (χ1n) is 11.7. The molecular formula is C22H41N5O2. The van der Waals surface area contributed by atoms with Crippen LogP contribution < -0.4 is 5.32 Å². The molecule has 3 amide bonds. The first kappa shape index (κ1) is 22.3. The topological polar surface area (TPSA) is 59.1 Å². The fraction of sp³-hybridized carbons (Fsp3) is 0.909. The number of carbonyl (C=O) groups excluding carboxylic acids is 2. The van der Waals surface area contributed by atoms with Crippen LogP contribution in [0.1, 0.15) is 46.5 Å². The molecule has 29 heavy (non-hydrogen) atoms. The van der Waals surface area contributed by atoms with Crippen molar-refractivity contribution in [2.75, 3.05) is 65.4 Å². The van der Waals surface area contributed by atoms with Gasteiger partial charge in [-0.15, -0.1) is 0 Å². The summed E-state index contributed by atoms with van der Waals surface area (Å²) in [6.45, 7) is 15.0. The summed E-state index contributed by atoms with van der Waals surface area (Å²) in [4.78, 5) is 33.9. The zero-order chi connectivity index (χ0) is 20.8. The highest BCUT2D eigenvalue weighted by Gasteiger charge is 2.28. The molecule has 0 radical (unpaired) electrons. The smallest absolute Gasteiger partial charge is 0.317 e. The van der Waals surface area contributed by atoms with Crippen molar-refractivity contribution in [3.05, 3.63) is 0 Å². The Morgan fingerprint density at radius 2 is 1.48 bits per heavy atom. The van der Waals surface area contributed by atoms with Gasteiger partial charge >= 0.3 is 6.03 Å². The maximum atomic E-state index is 12.7. The van der Waals surface area contributed by atoms with E-state index >= 15 is 0 Å². The van der Waals surface area contributed by atoms with Gasteiger partial charge in [0.2, 0.25) is 5.91 Å². The van der Waals surface area contributed by atoms with Gasteiger partial charge in [0.15, 0.2) is 0 Å². The highest BCUT2D eigenvalue weighted by atomic mass is 16.2. The molecular weight excluding hydrogens is 366 g/mol. The number of rotatable bonds is 5. The molecule has 0 aromatic heterocycles. The van der Waals surface area contributed by atoms with Crippen molar-refractivity contribution in [3.8, 4) is 0 Å². The Balaban J connectivity index is 1.36. The number of piperidine rings is 2. The summed E-state index contributed by atoms with van der Waals surface area (Å²) in [5.74, 6) is 1.43. The van der Waals surface area contributed by atoms with Crippen LogP contribution in [0.15, 0.2) is 0 Å². The molecule has 0 aromatic rings. The van der Waals surface area contributed by atoms with Crippen LogP contribution in [0.5, 0.6) is 0 Å². The van der Waals surface area contributed by atoms with E-state index in [1.165, 1.54) is 25.7 Å². The summed E-state index contributed by atoms with van der Waals surface area (Å²) >= 11 is 0. The lowest BCUT2D eigenvalue weighted by Gasteiger charge is -2.38. The van der Waals surface area contributed by atoms with Crippen molar-refractivity contribution < 1.29 is 9.59 Å². The molecule has 3 saturated heterocycles. The lowest BCUT2D eigenvalue weighted by molar-refractivity contribution is -0.135. The van der Waals surface area contributed by atoms with Gasteiger partial charge in [-0.25, -0.2) is 4.79 Å². The molecule has 166 valence electrons. The van der Waals surface area contributed by atoms with E-state index in [-0.39, 0.29) is 18.0 Å². The summed E-state index contributed by atoms with van der Waals surface area (Å²) in [6.07, 6.45) is 5.10. The minimum atomic E-state index is 0.0409. The lowest BCUT2D eigenvalue weighted by Crippen LogP contribution is -2.56. The van der Waals surface area contributed by atoms with E-state index < -0.39 is 0 Å². The third-order valence-electron chi connectivity index (χ3n) is 6.59. The molecule has 3 atom stereocenters. The van der Waals surface area contributed by atoms with E-state index in [0.717, 1.165) is 45.8 Å². The second-order valence-electron chi connectivity index (χ2n) is 9.72. The number of carbonyl (C=O) groups is 2. The Labute approximate surface area is 176 Å². The van der Waals surface area contributed by atoms with Gasteiger partial charge in [0, 0.05) is 51.9 Å². The standard InChI is InChI=1S/C22H41N5O2/c1-18-13-19(2)15-27(14-18)21(28)17-25-9-11-26(12-10-25)22(29)23-20(3)16-24-7-5-4-6-8-24/h18-20H,4-17H2,1-3H3,(H,23,29). The monoisotopic (exact) mass is 407 g/mol. The van der Waals surface area contributed by atoms with Crippen LogP contribution in [0.2, 0.25) is 0 Å². The highest BCUT2D eigenvalue weighted by Crippen LogP contribution is 2.21. The van der Waals surface area contributed by atoms with Gasteiger partial charge in [0.05, 0.1) is 6.54 Å². The predicted octanol–water partition coefficient (Wildman–Crippen LogP) is 1.69. The van der Waals surface area contributed by atoms with Gasteiger partial charge in [-0.3, -0.25) is 9.69 Å². The van der Waals surface area contributed by atoms with Crippen LogP contribution in [0, 0.1) is 11.8 Å². The fourth-order valence-corrected chi connectivity index (χ4v) is 5.14. The Hall–Kier alpha value is -1.34. The van der Waals surface area contributed by atoms with Crippen LogP contribution in [-0.4, -0.2) is 103 Å². The van der Waals surface area contributed by atoms with Crippen LogP contribution >= 0.6 is 0 Å². The molecule has 0 saturated carbocycles. The van der Waals surface area contributed by atoms with Crippen molar-refractivity contribution in [1.29, 1.82) is 0 Å². The lowest BCUT2D eigenvalue weighted by atomic mass is 9.92. The minimum absolute atomic E-state index is 0.0409. The van der Waals surface area contributed by atoms with Crippen LogP contribution in [0.4, 0.5) is 4.79 Å². The molecule has 3 fully saturated rings. The molecule has 1 N–H and O–H groups in total. The molecule has 0 spiro atoms. The van der Waals surface area contributed by atoms with Gasteiger partial charge < -0.3 is 20.0 Å². The number of nitrogens with zero attached hydrogens (tertiary/aromatic N) is 4. The molecule has 7 heteroatoms. The van der Waals surface area contributed by atoms with E-state index in [2.05, 4.69) is 35.9 Å². The third-order valence-corrected chi connectivity index (χ3v) is 6.59. The number of piperazine rings is 1. The molecule has 3 unspecified atom stereocenters. The van der Waals surface area contributed by atoms with Gasteiger partial charge in [-0.2, -0.15) is 0 Å². The Kier molecular flexibility index (Phi) is 8.18. The second kappa shape index (κ2) is 10.6.